The van der Waals surface area contributed by atoms with Gasteiger partial charge in [0.2, 0.25) is 0 Å². The largest absolute Gasteiger partial charge is 0.468 e. The number of hydrogen-bond acceptors (Lipinski definition) is 2. The number of benzene rings is 1. The van der Waals surface area contributed by atoms with Crippen LogP contribution in [0.4, 0.5) is 8.78 Å². The molecule has 4 heteroatoms. The summed E-state index contributed by atoms with van der Waals surface area (Å²) in [4.78, 5) is 0. The number of halogens is 2. The molecular formula is C13H13F2NO. The van der Waals surface area contributed by atoms with E-state index in [1.807, 2.05) is 6.07 Å². The molecule has 0 saturated heterocycles. The molecule has 0 amide bonds. The van der Waals surface area contributed by atoms with Gasteiger partial charge in [-0.1, -0.05) is 6.07 Å². The Kier molecular flexibility index (Phi) is 3.54. The Bertz CT molecular complexity index is 482. The van der Waals surface area contributed by atoms with Crippen LogP contribution in [0.2, 0.25) is 0 Å². The van der Waals surface area contributed by atoms with Gasteiger partial charge in [0, 0.05) is 6.07 Å². The van der Waals surface area contributed by atoms with E-state index in [1.165, 1.54) is 12.1 Å². The molecule has 1 aromatic heterocycles. The molecule has 17 heavy (non-hydrogen) atoms. The number of furan rings is 1. The highest BCUT2D eigenvalue weighted by atomic mass is 19.1. The molecule has 1 heterocycles. The molecule has 90 valence electrons. The lowest BCUT2D eigenvalue weighted by Crippen LogP contribution is -2.18. The zero-order valence-electron chi connectivity index (χ0n) is 9.41. The molecule has 1 atom stereocenters. The van der Waals surface area contributed by atoms with Crippen molar-refractivity contribution in [3.8, 4) is 0 Å². The summed E-state index contributed by atoms with van der Waals surface area (Å²) in [5.74, 6) is -0.363. The van der Waals surface area contributed by atoms with Gasteiger partial charge in [0.05, 0.1) is 12.3 Å². The third-order valence-corrected chi connectivity index (χ3v) is 2.67. The molecule has 1 aromatic carbocycles. The summed E-state index contributed by atoms with van der Waals surface area (Å²) in [6.07, 6.45) is 1.98. The molecule has 0 radical (unpaired) electrons. The fourth-order valence-electron chi connectivity index (χ4n) is 1.74. The molecule has 2 nitrogen and oxygen atoms in total. The van der Waals surface area contributed by atoms with Crippen molar-refractivity contribution >= 4 is 0 Å². The van der Waals surface area contributed by atoms with E-state index in [4.69, 9.17) is 4.42 Å². The van der Waals surface area contributed by atoms with Gasteiger partial charge < -0.3 is 9.73 Å². The van der Waals surface area contributed by atoms with E-state index in [1.54, 1.807) is 19.4 Å². The summed E-state index contributed by atoms with van der Waals surface area (Å²) in [6.45, 7) is 0. The number of nitrogens with one attached hydrogen (secondary N) is 1. The Morgan fingerprint density at radius 3 is 2.71 bits per heavy atom. The molecule has 0 spiro atoms. The van der Waals surface area contributed by atoms with Gasteiger partial charge in [-0.05, 0) is 37.2 Å². The Hall–Kier alpha value is -1.68. The molecule has 0 saturated carbocycles. The van der Waals surface area contributed by atoms with Crippen LogP contribution in [0.15, 0.2) is 41.0 Å². The van der Waals surface area contributed by atoms with Crippen molar-refractivity contribution < 1.29 is 13.2 Å². The maximum atomic E-state index is 13.5. The molecule has 0 aliphatic carbocycles. The van der Waals surface area contributed by atoms with E-state index in [0.717, 1.165) is 11.8 Å². The predicted molar refractivity (Wildman–Crippen MR) is 60.6 cm³/mol. The van der Waals surface area contributed by atoms with Crippen molar-refractivity contribution in [2.24, 2.45) is 0 Å². The molecule has 0 fully saturated rings. The highest BCUT2D eigenvalue weighted by Crippen LogP contribution is 2.20. The van der Waals surface area contributed by atoms with Crippen LogP contribution in [0.5, 0.6) is 0 Å². The van der Waals surface area contributed by atoms with Gasteiger partial charge in [-0.15, -0.1) is 0 Å². The van der Waals surface area contributed by atoms with E-state index in [9.17, 15) is 8.78 Å². The Morgan fingerprint density at radius 1 is 1.29 bits per heavy atom. The molecule has 0 aliphatic rings. The summed E-state index contributed by atoms with van der Waals surface area (Å²) in [6, 6.07) is 7.09. The third-order valence-electron chi connectivity index (χ3n) is 2.67. The second-order valence-corrected chi connectivity index (χ2v) is 3.80. The standard InChI is InChI=1S/C13H13F2NO/c1-16-12(13-3-2-6-17-13)7-9-4-5-10(14)8-11(9)15/h2-6,8,12,16H,7H2,1H3. The van der Waals surface area contributed by atoms with E-state index in [0.29, 0.717) is 12.0 Å². The van der Waals surface area contributed by atoms with Crippen LogP contribution in [-0.2, 0) is 6.42 Å². The van der Waals surface area contributed by atoms with Crippen LogP contribution in [0.3, 0.4) is 0 Å². The first-order valence-electron chi connectivity index (χ1n) is 5.35. The average molecular weight is 237 g/mol. The zero-order chi connectivity index (χ0) is 12.3. The first kappa shape index (κ1) is 11.8. The average Bonchev–Trinajstić information content (AvgIpc) is 2.81. The molecule has 2 rings (SSSR count). The van der Waals surface area contributed by atoms with Crippen molar-refractivity contribution in [3.05, 3.63) is 59.6 Å². The molecule has 1 N–H and O–H groups in total. The Balaban J connectivity index is 2.19. The van der Waals surface area contributed by atoms with E-state index in [-0.39, 0.29) is 6.04 Å². The summed E-state index contributed by atoms with van der Waals surface area (Å²) >= 11 is 0. The second-order valence-electron chi connectivity index (χ2n) is 3.80. The lowest BCUT2D eigenvalue weighted by atomic mass is 10.0. The van der Waals surface area contributed by atoms with Gasteiger partial charge >= 0.3 is 0 Å². The molecule has 1 unspecified atom stereocenters. The number of likely N-dealkylation sites (N-methyl/N-ethyl adjacent to an activating group) is 1. The maximum absolute atomic E-state index is 13.5. The van der Waals surface area contributed by atoms with E-state index < -0.39 is 11.6 Å². The lowest BCUT2D eigenvalue weighted by molar-refractivity contribution is 0.425. The second kappa shape index (κ2) is 5.10. The minimum atomic E-state index is -0.565. The number of hydrogen-bond donors (Lipinski definition) is 1. The first-order chi connectivity index (χ1) is 8.20. The zero-order valence-corrected chi connectivity index (χ0v) is 9.41. The molecular weight excluding hydrogens is 224 g/mol. The van der Waals surface area contributed by atoms with Crippen LogP contribution < -0.4 is 5.32 Å². The normalized spacial score (nSPS) is 12.6. The van der Waals surface area contributed by atoms with Crippen molar-refractivity contribution in [1.29, 1.82) is 0 Å². The van der Waals surface area contributed by atoms with Gasteiger partial charge in [-0.3, -0.25) is 0 Å². The van der Waals surface area contributed by atoms with Gasteiger partial charge in [-0.2, -0.15) is 0 Å². The quantitative estimate of drug-likeness (QED) is 0.884. The minimum absolute atomic E-state index is 0.120. The monoisotopic (exact) mass is 237 g/mol. The van der Waals surface area contributed by atoms with Gasteiger partial charge in [0.25, 0.3) is 0 Å². The highest BCUT2D eigenvalue weighted by molar-refractivity contribution is 5.21. The van der Waals surface area contributed by atoms with Gasteiger partial charge in [-0.25, -0.2) is 8.78 Å². The van der Waals surface area contributed by atoms with Crippen LogP contribution in [0.25, 0.3) is 0 Å². The van der Waals surface area contributed by atoms with Crippen LogP contribution in [0, 0.1) is 11.6 Å². The first-order valence-corrected chi connectivity index (χ1v) is 5.35. The minimum Gasteiger partial charge on any atom is -0.468 e. The fraction of sp³-hybridized carbons (Fsp3) is 0.231. The SMILES string of the molecule is CNC(Cc1ccc(F)cc1F)c1ccco1. The van der Waals surface area contributed by atoms with Crippen molar-refractivity contribution in [2.45, 2.75) is 12.5 Å². The third kappa shape index (κ3) is 2.71. The highest BCUT2D eigenvalue weighted by Gasteiger charge is 2.15. The summed E-state index contributed by atoms with van der Waals surface area (Å²) in [5.41, 5.74) is 0.460. The van der Waals surface area contributed by atoms with Gasteiger partial charge in [0.1, 0.15) is 17.4 Å². The Labute approximate surface area is 98.3 Å². The van der Waals surface area contributed by atoms with E-state index in [2.05, 4.69) is 5.32 Å². The lowest BCUT2D eigenvalue weighted by Gasteiger charge is -2.14. The smallest absolute Gasteiger partial charge is 0.129 e. The summed E-state index contributed by atoms with van der Waals surface area (Å²) in [7, 11) is 1.77. The van der Waals surface area contributed by atoms with Crippen molar-refractivity contribution in [1.82, 2.24) is 5.32 Å². The molecule has 2 aromatic rings. The number of rotatable bonds is 4. The fourth-order valence-corrected chi connectivity index (χ4v) is 1.74. The van der Waals surface area contributed by atoms with Crippen molar-refractivity contribution in [3.63, 3.8) is 0 Å². The van der Waals surface area contributed by atoms with Crippen LogP contribution >= 0.6 is 0 Å². The van der Waals surface area contributed by atoms with Gasteiger partial charge in [0.15, 0.2) is 0 Å². The van der Waals surface area contributed by atoms with Crippen LogP contribution in [-0.4, -0.2) is 7.05 Å². The maximum Gasteiger partial charge on any atom is 0.129 e. The molecule has 0 bridgehead atoms. The molecule has 0 aliphatic heterocycles. The Morgan fingerprint density at radius 2 is 2.12 bits per heavy atom. The predicted octanol–water partition coefficient (Wildman–Crippen LogP) is 3.06. The topological polar surface area (TPSA) is 25.2 Å². The summed E-state index contributed by atoms with van der Waals surface area (Å²) in [5, 5.41) is 3.04. The van der Waals surface area contributed by atoms with Crippen molar-refractivity contribution in [2.75, 3.05) is 7.05 Å². The van der Waals surface area contributed by atoms with E-state index >= 15 is 0 Å². The van der Waals surface area contributed by atoms with Crippen LogP contribution in [0.1, 0.15) is 17.4 Å². The summed E-state index contributed by atoms with van der Waals surface area (Å²) < 4.78 is 31.5.